The zero-order valence-corrected chi connectivity index (χ0v) is 13.0. The molecule has 1 amide bonds. The van der Waals surface area contributed by atoms with Gasteiger partial charge in [0, 0.05) is 18.9 Å². The number of nitrogens with zero attached hydrogens (tertiary/aromatic N) is 2. The molecule has 0 radical (unpaired) electrons. The molecule has 2 aliphatic rings. The van der Waals surface area contributed by atoms with Gasteiger partial charge in [0.1, 0.15) is 0 Å². The molecule has 3 rings (SSSR count). The lowest BCUT2D eigenvalue weighted by Gasteiger charge is -2.23. The summed E-state index contributed by atoms with van der Waals surface area (Å²) < 4.78 is 0. The molecule has 4 nitrogen and oxygen atoms in total. The standard InChI is InChI=1S/C18H22N2O2/c1-3-10-20(18(21)15-8-9-15)12-16-11-17(19-22-16)14-6-4-13(2)5-7-14/h3-7,15-16H,1,8-12H2,2H3/t16-/m0/s1. The Balaban J connectivity index is 1.59. The predicted octanol–water partition coefficient (Wildman–Crippen LogP) is 2.91. The van der Waals surface area contributed by atoms with Crippen LogP contribution in [0.25, 0.3) is 0 Å². The van der Waals surface area contributed by atoms with Gasteiger partial charge in [0.2, 0.25) is 5.91 Å². The minimum atomic E-state index is -0.0565. The van der Waals surface area contributed by atoms with E-state index in [4.69, 9.17) is 4.84 Å². The lowest BCUT2D eigenvalue weighted by atomic mass is 10.0. The summed E-state index contributed by atoms with van der Waals surface area (Å²) in [4.78, 5) is 19.6. The molecule has 0 aromatic heterocycles. The highest BCUT2D eigenvalue weighted by Crippen LogP contribution is 2.31. The van der Waals surface area contributed by atoms with Gasteiger partial charge in [0.15, 0.2) is 6.10 Å². The monoisotopic (exact) mass is 298 g/mol. The summed E-state index contributed by atoms with van der Waals surface area (Å²) in [6.45, 7) is 6.97. The molecule has 1 aliphatic heterocycles. The molecule has 116 valence electrons. The number of amides is 1. The summed E-state index contributed by atoms with van der Waals surface area (Å²) in [5.74, 6) is 0.450. The maximum atomic E-state index is 12.3. The van der Waals surface area contributed by atoms with Crippen LogP contribution in [0, 0.1) is 12.8 Å². The zero-order valence-electron chi connectivity index (χ0n) is 13.0. The van der Waals surface area contributed by atoms with Gasteiger partial charge in [-0.1, -0.05) is 41.1 Å². The van der Waals surface area contributed by atoms with Crippen molar-refractivity contribution in [2.24, 2.45) is 11.1 Å². The third-order valence-corrected chi connectivity index (χ3v) is 4.13. The van der Waals surface area contributed by atoms with Crippen LogP contribution in [0.4, 0.5) is 0 Å². The second-order valence-electron chi connectivity index (χ2n) is 6.14. The average Bonchev–Trinajstić information content (AvgIpc) is 3.27. The molecule has 0 spiro atoms. The van der Waals surface area contributed by atoms with E-state index in [1.807, 2.05) is 4.90 Å². The smallest absolute Gasteiger partial charge is 0.226 e. The van der Waals surface area contributed by atoms with Gasteiger partial charge < -0.3 is 9.74 Å². The molecule has 1 aliphatic carbocycles. The number of oxime groups is 1. The van der Waals surface area contributed by atoms with Gasteiger partial charge in [0.25, 0.3) is 0 Å². The Morgan fingerprint density at radius 3 is 2.77 bits per heavy atom. The molecule has 1 fully saturated rings. The highest BCUT2D eigenvalue weighted by molar-refractivity contribution is 6.01. The molecule has 1 aromatic carbocycles. The first kappa shape index (κ1) is 14.8. The minimum absolute atomic E-state index is 0.0565. The van der Waals surface area contributed by atoms with Crippen molar-refractivity contribution in [1.82, 2.24) is 4.90 Å². The largest absolute Gasteiger partial charge is 0.390 e. The third-order valence-electron chi connectivity index (χ3n) is 4.13. The van der Waals surface area contributed by atoms with E-state index >= 15 is 0 Å². The highest BCUT2D eigenvalue weighted by atomic mass is 16.6. The fourth-order valence-corrected chi connectivity index (χ4v) is 2.69. The number of hydrogen-bond donors (Lipinski definition) is 0. The van der Waals surface area contributed by atoms with E-state index in [0.29, 0.717) is 13.1 Å². The summed E-state index contributed by atoms with van der Waals surface area (Å²) in [6.07, 6.45) is 4.50. The molecule has 0 unspecified atom stereocenters. The van der Waals surface area contributed by atoms with E-state index in [0.717, 1.165) is 30.5 Å². The molecular weight excluding hydrogens is 276 g/mol. The first-order valence-electron chi connectivity index (χ1n) is 7.87. The van der Waals surface area contributed by atoms with Crippen molar-refractivity contribution in [2.75, 3.05) is 13.1 Å². The number of benzene rings is 1. The summed E-state index contributed by atoms with van der Waals surface area (Å²) in [5.41, 5.74) is 3.28. The fraction of sp³-hybridized carbons (Fsp3) is 0.444. The van der Waals surface area contributed by atoms with Crippen molar-refractivity contribution < 1.29 is 9.63 Å². The summed E-state index contributed by atoms with van der Waals surface area (Å²) in [7, 11) is 0. The maximum Gasteiger partial charge on any atom is 0.226 e. The lowest BCUT2D eigenvalue weighted by molar-refractivity contribution is -0.133. The van der Waals surface area contributed by atoms with Crippen LogP contribution < -0.4 is 0 Å². The Hall–Kier alpha value is -2.10. The van der Waals surface area contributed by atoms with Crippen molar-refractivity contribution in [3.05, 3.63) is 48.0 Å². The van der Waals surface area contributed by atoms with Gasteiger partial charge in [-0.25, -0.2) is 0 Å². The van der Waals surface area contributed by atoms with Gasteiger partial charge in [0.05, 0.1) is 12.3 Å². The first-order chi connectivity index (χ1) is 10.7. The Morgan fingerprint density at radius 2 is 2.14 bits per heavy atom. The van der Waals surface area contributed by atoms with Crippen LogP contribution in [0.5, 0.6) is 0 Å². The van der Waals surface area contributed by atoms with Crippen LogP contribution in [0.15, 0.2) is 42.1 Å². The Bertz CT molecular complexity index is 588. The van der Waals surface area contributed by atoms with Gasteiger partial charge >= 0.3 is 0 Å². The van der Waals surface area contributed by atoms with Crippen molar-refractivity contribution in [2.45, 2.75) is 32.3 Å². The number of carbonyl (C=O) groups is 1. The number of aryl methyl sites for hydroxylation is 1. The van der Waals surface area contributed by atoms with Crippen LogP contribution in [-0.4, -0.2) is 35.7 Å². The Kier molecular flexibility index (Phi) is 4.27. The van der Waals surface area contributed by atoms with Gasteiger partial charge in [-0.3, -0.25) is 4.79 Å². The molecule has 0 saturated heterocycles. The van der Waals surface area contributed by atoms with Crippen LogP contribution in [0.1, 0.15) is 30.4 Å². The van der Waals surface area contributed by atoms with Crippen molar-refractivity contribution in [1.29, 1.82) is 0 Å². The van der Waals surface area contributed by atoms with E-state index in [2.05, 4.69) is 42.9 Å². The van der Waals surface area contributed by atoms with Gasteiger partial charge in [-0.05, 0) is 25.3 Å². The van der Waals surface area contributed by atoms with Crippen LogP contribution in [0.2, 0.25) is 0 Å². The molecule has 1 saturated carbocycles. The highest BCUT2D eigenvalue weighted by Gasteiger charge is 2.35. The van der Waals surface area contributed by atoms with Crippen LogP contribution in [-0.2, 0) is 9.63 Å². The second-order valence-corrected chi connectivity index (χ2v) is 6.14. The van der Waals surface area contributed by atoms with E-state index in [1.54, 1.807) is 6.08 Å². The second kappa shape index (κ2) is 6.34. The van der Waals surface area contributed by atoms with E-state index in [1.165, 1.54) is 5.56 Å². The van der Waals surface area contributed by atoms with Crippen molar-refractivity contribution in [3.8, 4) is 0 Å². The summed E-state index contributed by atoms with van der Waals surface area (Å²) in [6, 6.07) is 8.28. The lowest BCUT2D eigenvalue weighted by Crippen LogP contribution is -2.38. The zero-order chi connectivity index (χ0) is 15.5. The Morgan fingerprint density at radius 1 is 1.41 bits per heavy atom. The van der Waals surface area contributed by atoms with Crippen molar-refractivity contribution in [3.63, 3.8) is 0 Å². The number of hydrogen-bond acceptors (Lipinski definition) is 3. The fourth-order valence-electron chi connectivity index (χ4n) is 2.69. The third kappa shape index (κ3) is 3.38. The number of carbonyl (C=O) groups excluding carboxylic acids is 1. The Labute approximate surface area is 131 Å². The molecule has 1 aromatic rings. The quantitative estimate of drug-likeness (QED) is 0.758. The van der Waals surface area contributed by atoms with E-state index < -0.39 is 0 Å². The van der Waals surface area contributed by atoms with Gasteiger partial charge in [-0.2, -0.15) is 0 Å². The van der Waals surface area contributed by atoms with Gasteiger partial charge in [-0.15, -0.1) is 6.58 Å². The minimum Gasteiger partial charge on any atom is -0.390 e. The summed E-state index contributed by atoms with van der Waals surface area (Å²) in [5, 5.41) is 4.20. The average molecular weight is 298 g/mol. The SMILES string of the molecule is C=CCN(C[C@@H]1CC(c2ccc(C)cc2)=NO1)C(=O)C1CC1. The molecule has 1 atom stereocenters. The first-order valence-corrected chi connectivity index (χ1v) is 7.87. The van der Waals surface area contributed by atoms with Crippen molar-refractivity contribution >= 4 is 11.6 Å². The normalized spacial score (nSPS) is 20.2. The van der Waals surface area contributed by atoms with Crippen LogP contribution in [0.3, 0.4) is 0 Å². The molecule has 0 N–H and O–H groups in total. The molecule has 1 heterocycles. The predicted molar refractivity (Wildman–Crippen MR) is 86.7 cm³/mol. The molecule has 0 bridgehead atoms. The van der Waals surface area contributed by atoms with Crippen LogP contribution >= 0.6 is 0 Å². The summed E-state index contributed by atoms with van der Waals surface area (Å²) >= 11 is 0. The maximum absolute atomic E-state index is 12.3. The van der Waals surface area contributed by atoms with E-state index in [-0.39, 0.29) is 17.9 Å². The number of rotatable bonds is 6. The molecular formula is C18H22N2O2. The topological polar surface area (TPSA) is 41.9 Å². The molecule has 4 heteroatoms. The van der Waals surface area contributed by atoms with E-state index in [9.17, 15) is 4.79 Å². The molecule has 22 heavy (non-hydrogen) atoms.